The molecule has 6 nitrogen and oxygen atoms in total. The average Bonchev–Trinajstić information content (AvgIpc) is 2.75. The Morgan fingerprint density at radius 1 is 1.23 bits per heavy atom. The number of hydrogen-bond donors (Lipinski definition) is 1. The molecule has 4 rings (SSSR count). The highest BCUT2D eigenvalue weighted by Crippen LogP contribution is 2.34. The minimum Gasteiger partial charge on any atom is -0.335 e. The summed E-state index contributed by atoms with van der Waals surface area (Å²) in [6.07, 6.45) is 6.86. The van der Waals surface area contributed by atoms with E-state index in [0.717, 1.165) is 56.5 Å². The third kappa shape index (κ3) is 4.48. The lowest BCUT2D eigenvalue weighted by atomic mass is 9.83. The summed E-state index contributed by atoms with van der Waals surface area (Å²) in [6, 6.07) is 8.85. The molecule has 2 fully saturated rings. The molecule has 0 spiro atoms. The van der Waals surface area contributed by atoms with Crippen LogP contribution in [0.1, 0.15) is 43.2 Å². The number of pyridine rings is 1. The Morgan fingerprint density at radius 3 is 2.80 bits per heavy atom. The Bertz CT molecular complexity index is 919. The van der Waals surface area contributed by atoms with Crippen molar-refractivity contribution in [3.05, 3.63) is 41.6 Å². The van der Waals surface area contributed by atoms with Crippen LogP contribution in [0.3, 0.4) is 0 Å². The van der Waals surface area contributed by atoms with Gasteiger partial charge in [-0.2, -0.15) is 0 Å². The van der Waals surface area contributed by atoms with Crippen LogP contribution in [0.2, 0.25) is 0 Å². The molecule has 2 amide bonds. The Morgan fingerprint density at radius 2 is 2.03 bits per heavy atom. The molecule has 2 aromatic rings. The molecule has 2 aliphatic heterocycles. The molecular weight excluding hydrogens is 374 g/mol. The second-order valence-corrected chi connectivity index (χ2v) is 9.00. The molecule has 1 N–H and O–H groups in total. The highest BCUT2D eigenvalue weighted by molar-refractivity contribution is 5.99. The highest BCUT2D eigenvalue weighted by atomic mass is 16.2. The molecule has 2 saturated heterocycles. The Kier molecular flexibility index (Phi) is 6.32. The first-order chi connectivity index (χ1) is 14.5. The van der Waals surface area contributed by atoms with Crippen LogP contribution in [-0.4, -0.2) is 73.3 Å². The average molecular weight is 408 g/mol. The molecule has 0 aliphatic carbocycles. The minimum absolute atomic E-state index is 0.0956. The van der Waals surface area contributed by atoms with Crippen molar-refractivity contribution in [2.24, 2.45) is 10.9 Å². The Hall–Kier alpha value is -2.47. The fourth-order valence-corrected chi connectivity index (χ4v) is 4.98. The third-order valence-corrected chi connectivity index (χ3v) is 6.54. The van der Waals surface area contributed by atoms with Crippen molar-refractivity contribution in [2.45, 2.75) is 38.1 Å². The van der Waals surface area contributed by atoms with Crippen LogP contribution < -0.4 is 5.32 Å². The van der Waals surface area contributed by atoms with Gasteiger partial charge in [-0.25, -0.2) is 4.79 Å². The molecule has 0 saturated carbocycles. The maximum atomic E-state index is 13.0. The van der Waals surface area contributed by atoms with E-state index in [9.17, 15) is 4.79 Å². The van der Waals surface area contributed by atoms with E-state index in [1.54, 1.807) is 7.05 Å². The summed E-state index contributed by atoms with van der Waals surface area (Å²) in [6.45, 7) is 5.94. The predicted molar refractivity (Wildman–Crippen MR) is 122 cm³/mol. The van der Waals surface area contributed by atoms with Gasteiger partial charge in [-0.15, -0.1) is 0 Å². The Balaban J connectivity index is 1.54. The number of aromatic nitrogens is 1. The molecule has 0 bridgehead atoms. The van der Waals surface area contributed by atoms with Crippen LogP contribution >= 0.6 is 0 Å². The van der Waals surface area contributed by atoms with Crippen LogP contribution in [0, 0.1) is 5.92 Å². The van der Waals surface area contributed by atoms with Crippen molar-refractivity contribution in [1.29, 1.82) is 0 Å². The summed E-state index contributed by atoms with van der Waals surface area (Å²) in [4.78, 5) is 26.2. The van der Waals surface area contributed by atoms with Gasteiger partial charge in [0, 0.05) is 55.5 Å². The van der Waals surface area contributed by atoms with E-state index in [4.69, 9.17) is 0 Å². The van der Waals surface area contributed by atoms with Crippen molar-refractivity contribution < 1.29 is 4.79 Å². The fourth-order valence-electron chi connectivity index (χ4n) is 4.98. The van der Waals surface area contributed by atoms with Gasteiger partial charge in [-0.1, -0.05) is 25.1 Å². The molecule has 6 heteroatoms. The van der Waals surface area contributed by atoms with Crippen LogP contribution in [0.25, 0.3) is 10.9 Å². The van der Waals surface area contributed by atoms with E-state index in [1.807, 2.05) is 23.4 Å². The normalized spacial score (nSPS) is 23.9. The van der Waals surface area contributed by atoms with Crippen LogP contribution in [0.5, 0.6) is 0 Å². The number of hydrogen-bond acceptors (Lipinski definition) is 4. The summed E-state index contributed by atoms with van der Waals surface area (Å²) in [5, 5.41) is 4.47. The number of nitrogens with zero attached hydrogens (tertiary/aromatic N) is 4. The number of urea groups is 1. The standard InChI is InChI=1S/C24H33N5O/c1-17-13-19(16-29(15-17)24(30)27-20-8-11-28(3)12-9-20)21-7-6-18(14-25-2)23-22(21)5-4-10-26-23/h4-7,10,14,17,19-20H,8-9,11-13,15-16H2,1-3H3,(H,27,30)/b25-14+/t17-,19?/m1/s1. The summed E-state index contributed by atoms with van der Waals surface area (Å²) >= 11 is 0. The number of carbonyl (C=O) groups excluding carboxylic acids is 1. The topological polar surface area (TPSA) is 60.8 Å². The van der Waals surface area contributed by atoms with E-state index >= 15 is 0 Å². The molecule has 2 atom stereocenters. The fraction of sp³-hybridized carbons (Fsp3) is 0.542. The largest absolute Gasteiger partial charge is 0.335 e. The molecule has 2 aliphatic rings. The number of fused-ring (bicyclic) bond motifs is 1. The number of rotatable bonds is 3. The maximum absolute atomic E-state index is 13.0. The Labute approximate surface area is 179 Å². The number of piperidine rings is 2. The van der Waals surface area contributed by atoms with Gasteiger partial charge in [0.05, 0.1) is 5.52 Å². The number of likely N-dealkylation sites (tertiary alicyclic amines) is 2. The zero-order valence-corrected chi connectivity index (χ0v) is 18.3. The third-order valence-electron chi connectivity index (χ3n) is 6.54. The SMILES string of the molecule is C/N=C/c1ccc(C2C[C@@H](C)CN(C(=O)NC3CCN(C)CC3)C2)c2cccnc12. The zero-order chi connectivity index (χ0) is 21.1. The van der Waals surface area contributed by atoms with Gasteiger partial charge in [-0.05, 0) is 56.9 Å². The number of benzene rings is 1. The second kappa shape index (κ2) is 9.13. The van der Waals surface area contributed by atoms with E-state index in [2.05, 4.69) is 52.4 Å². The lowest BCUT2D eigenvalue weighted by Crippen LogP contribution is -2.52. The smallest absolute Gasteiger partial charge is 0.317 e. The molecule has 1 unspecified atom stereocenters. The summed E-state index contributed by atoms with van der Waals surface area (Å²) in [5.41, 5.74) is 3.31. The summed E-state index contributed by atoms with van der Waals surface area (Å²) in [7, 11) is 3.93. The number of amides is 2. The summed E-state index contributed by atoms with van der Waals surface area (Å²) < 4.78 is 0. The van der Waals surface area contributed by atoms with Crippen LogP contribution in [0.4, 0.5) is 4.79 Å². The molecule has 160 valence electrons. The van der Waals surface area contributed by atoms with E-state index < -0.39 is 0 Å². The molecule has 1 aromatic heterocycles. The van der Waals surface area contributed by atoms with Crippen molar-refractivity contribution >= 4 is 23.1 Å². The van der Waals surface area contributed by atoms with Crippen molar-refractivity contribution in [2.75, 3.05) is 40.3 Å². The molecule has 3 heterocycles. The van der Waals surface area contributed by atoms with Gasteiger partial charge in [-0.3, -0.25) is 9.98 Å². The van der Waals surface area contributed by atoms with Crippen molar-refractivity contribution in [1.82, 2.24) is 20.1 Å². The molecule has 1 aromatic carbocycles. The van der Waals surface area contributed by atoms with Crippen LogP contribution in [-0.2, 0) is 0 Å². The van der Waals surface area contributed by atoms with Gasteiger partial charge in [0.15, 0.2) is 0 Å². The quantitative estimate of drug-likeness (QED) is 0.792. The number of nitrogens with one attached hydrogen (secondary N) is 1. The summed E-state index contributed by atoms with van der Waals surface area (Å²) in [5.74, 6) is 0.784. The van der Waals surface area contributed by atoms with E-state index in [-0.39, 0.29) is 6.03 Å². The van der Waals surface area contributed by atoms with E-state index in [0.29, 0.717) is 17.9 Å². The highest BCUT2D eigenvalue weighted by Gasteiger charge is 2.31. The van der Waals surface area contributed by atoms with Gasteiger partial charge in [0.2, 0.25) is 0 Å². The second-order valence-electron chi connectivity index (χ2n) is 9.00. The minimum atomic E-state index is 0.0956. The first-order valence-corrected chi connectivity index (χ1v) is 11.1. The number of carbonyl (C=O) groups is 1. The zero-order valence-electron chi connectivity index (χ0n) is 18.3. The van der Waals surface area contributed by atoms with Gasteiger partial charge in [0.25, 0.3) is 0 Å². The van der Waals surface area contributed by atoms with Crippen LogP contribution in [0.15, 0.2) is 35.5 Å². The van der Waals surface area contributed by atoms with Gasteiger partial charge >= 0.3 is 6.03 Å². The van der Waals surface area contributed by atoms with Gasteiger partial charge in [0.1, 0.15) is 0 Å². The lowest BCUT2D eigenvalue weighted by molar-refractivity contribution is 0.150. The molecule has 30 heavy (non-hydrogen) atoms. The molecular formula is C24H33N5O. The predicted octanol–water partition coefficient (Wildman–Crippen LogP) is 3.51. The first kappa shape index (κ1) is 20.8. The lowest BCUT2D eigenvalue weighted by Gasteiger charge is -2.38. The van der Waals surface area contributed by atoms with Gasteiger partial charge < -0.3 is 15.1 Å². The number of aliphatic imine (C=N–C) groups is 1. The van der Waals surface area contributed by atoms with Crippen molar-refractivity contribution in [3.8, 4) is 0 Å². The monoisotopic (exact) mass is 407 g/mol. The van der Waals surface area contributed by atoms with Crippen molar-refractivity contribution in [3.63, 3.8) is 0 Å². The van der Waals surface area contributed by atoms with E-state index in [1.165, 1.54) is 10.9 Å². The maximum Gasteiger partial charge on any atom is 0.317 e. The first-order valence-electron chi connectivity index (χ1n) is 11.1. The molecule has 0 radical (unpaired) electrons.